The summed E-state index contributed by atoms with van der Waals surface area (Å²) in [6, 6.07) is 18.1. The molecule has 0 bridgehead atoms. The van der Waals surface area contributed by atoms with Gasteiger partial charge in [0.25, 0.3) is 0 Å². The molecular weight excluding hydrogens is 280 g/mol. The predicted molar refractivity (Wildman–Crippen MR) is 82.9 cm³/mol. The van der Waals surface area contributed by atoms with Gasteiger partial charge in [-0.3, -0.25) is 4.79 Å². The van der Waals surface area contributed by atoms with Gasteiger partial charge in [-0.25, -0.2) is 4.79 Å². The van der Waals surface area contributed by atoms with E-state index in [1.54, 1.807) is 24.3 Å². The quantitative estimate of drug-likeness (QED) is 0.640. The average molecular weight is 298 g/mol. The summed E-state index contributed by atoms with van der Waals surface area (Å²) in [5, 5.41) is 0. The molecule has 2 rings (SSSR count). The van der Waals surface area contributed by atoms with Crippen LogP contribution in [0.1, 0.15) is 17.0 Å². The maximum Gasteiger partial charge on any atom is 0.336 e. The van der Waals surface area contributed by atoms with Crippen LogP contribution in [-0.2, 0) is 14.3 Å². The molecule has 0 aliphatic rings. The van der Waals surface area contributed by atoms with Crippen molar-refractivity contribution in [2.24, 2.45) is 11.5 Å². The van der Waals surface area contributed by atoms with E-state index in [0.29, 0.717) is 11.1 Å². The second kappa shape index (κ2) is 6.41. The molecule has 0 saturated heterocycles. The van der Waals surface area contributed by atoms with Crippen LogP contribution in [0, 0.1) is 0 Å². The van der Waals surface area contributed by atoms with E-state index in [-0.39, 0.29) is 0 Å². The predicted octanol–water partition coefficient (Wildman–Crippen LogP) is 1.17. The normalized spacial score (nSPS) is 13.4. The van der Waals surface area contributed by atoms with Crippen molar-refractivity contribution in [2.75, 3.05) is 7.11 Å². The minimum absolute atomic E-state index is 0.709. The van der Waals surface area contributed by atoms with Crippen molar-refractivity contribution in [1.29, 1.82) is 0 Å². The molecule has 0 saturated carbocycles. The summed E-state index contributed by atoms with van der Waals surface area (Å²) >= 11 is 0. The Morgan fingerprint density at radius 1 is 0.955 bits per heavy atom. The molecular formula is C17H18N2O3. The summed E-state index contributed by atoms with van der Waals surface area (Å²) < 4.78 is 4.74. The van der Waals surface area contributed by atoms with Crippen molar-refractivity contribution in [2.45, 2.75) is 11.5 Å². The number of esters is 1. The minimum Gasteiger partial charge on any atom is -0.467 e. The molecule has 0 heterocycles. The lowest BCUT2D eigenvalue weighted by molar-refractivity contribution is -0.151. The van der Waals surface area contributed by atoms with Gasteiger partial charge in [0.1, 0.15) is 0 Å². The van der Waals surface area contributed by atoms with Crippen LogP contribution in [0.15, 0.2) is 60.7 Å². The number of methoxy groups -OCH3 is 1. The fraction of sp³-hybridized carbons (Fsp3) is 0.176. The second-order valence-corrected chi connectivity index (χ2v) is 4.98. The van der Waals surface area contributed by atoms with Crippen molar-refractivity contribution in [3.8, 4) is 0 Å². The highest BCUT2D eigenvalue weighted by atomic mass is 16.5. The van der Waals surface area contributed by atoms with Crippen LogP contribution in [0.4, 0.5) is 0 Å². The van der Waals surface area contributed by atoms with Crippen LogP contribution in [0.2, 0.25) is 0 Å². The Kier molecular flexibility index (Phi) is 4.58. The number of hydrogen-bond acceptors (Lipinski definition) is 4. The van der Waals surface area contributed by atoms with Crippen molar-refractivity contribution in [3.63, 3.8) is 0 Å². The first-order valence-corrected chi connectivity index (χ1v) is 6.79. The van der Waals surface area contributed by atoms with Gasteiger partial charge in [-0.2, -0.15) is 0 Å². The lowest BCUT2D eigenvalue weighted by Crippen LogP contribution is -2.62. The number of carbonyl (C=O) groups excluding carboxylic acids is 2. The van der Waals surface area contributed by atoms with Crippen LogP contribution in [0.5, 0.6) is 0 Å². The molecule has 1 amide bonds. The Bertz CT molecular complexity index is 619. The Balaban J connectivity index is 2.67. The number of hydrogen-bond donors (Lipinski definition) is 2. The molecule has 22 heavy (non-hydrogen) atoms. The van der Waals surface area contributed by atoms with Gasteiger partial charge < -0.3 is 16.2 Å². The Morgan fingerprint density at radius 2 is 1.36 bits per heavy atom. The third-order valence-corrected chi connectivity index (χ3v) is 3.65. The van der Waals surface area contributed by atoms with Crippen molar-refractivity contribution in [1.82, 2.24) is 0 Å². The lowest BCUT2D eigenvalue weighted by Gasteiger charge is -2.32. The largest absolute Gasteiger partial charge is 0.467 e. The zero-order valence-electron chi connectivity index (χ0n) is 12.2. The number of nitrogens with two attached hydrogens (primary N) is 2. The molecule has 0 spiro atoms. The van der Waals surface area contributed by atoms with Crippen LogP contribution < -0.4 is 11.5 Å². The fourth-order valence-electron chi connectivity index (χ4n) is 2.54. The topological polar surface area (TPSA) is 95.4 Å². The van der Waals surface area contributed by atoms with Gasteiger partial charge in [0.15, 0.2) is 0 Å². The maximum absolute atomic E-state index is 12.2. The molecule has 0 aromatic heterocycles. The summed E-state index contributed by atoms with van der Waals surface area (Å²) in [5.41, 5.74) is 11.0. The highest BCUT2D eigenvalue weighted by Crippen LogP contribution is 2.34. The molecule has 4 N–H and O–H groups in total. The van der Waals surface area contributed by atoms with E-state index in [2.05, 4.69) is 0 Å². The zero-order valence-corrected chi connectivity index (χ0v) is 12.2. The van der Waals surface area contributed by atoms with E-state index in [0.717, 1.165) is 0 Å². The van der Waals surface area contributed by atoms with Gasteiger partial charge >= 0.3 is 5.97 Å². The summed E-state index contributed by atoms with van der Waals surface area (Å²) in [5.74, 6) is -2.53. The van der Waals surface area contributed by atoms with Crippen LogP contribution in [-0.4, -0.2) is 24.5 Å². The van der Waals surface area contributed by atoms with Crippen molar-refractivity contribution < 1.29 is 14.3 Å². The molecule has 0 fully saturated rings. The smallest absolute Gasteiger partial charge is 0.336 e. The van der Waals surface area contributed by atoms with Gasteiger partial charge in [-0.1, -0.05) is 60.7 Å². The zero-order chi connectivity index (χ0) is 16.2. The van der Waals surface area contributed by atoms with Gasteiger partial charge in [-0.05, 0) is 11.1 Å². The number of amides is 1. The van der Waals surface area contributed by atoms with E-state index < -0.39 is 23.3 Å². The fourth-order valence-corrected chi connectivity index (χ4v) is 2.54. The maximum atomic E-state index is 12.2. The monoisotopic (exact) mass is 298 g/mol. The standard InChI is InChI=1S/C17H18N2O3/c1-22-16(21)17(19,15(18)20)14(12-8-4-2-5-9-12)13-10-6-3-7-11-13/h2-11,14H,19H2,1H3,(H2,18,20). The third kappa shape index (κ3) is 2.71. The molecule has 1 unspecified atom stereocenters. The third-order valence-electron chi connectivity index (χ3n) is 3.65. The van der Waals surface area contributed by atoms with Gasteiger partial charge in [0.2, 0.25) is 11.4 Å². The highest BCUT2D eigenvalue weighted by Gasteiger charge is 2.50. The van der Waals surface area contributed by atoms with E-state index in [1.807, 2.05) is 36.4 Å². The molecule has 5 heteroatoms. The number of primary amides is 1. The van der Waals surface area contributed by atoms with E-state index >= 15 is 0 Å². The molecule has 114 valence electrons. The molecule has 2 aromatic carbocycles. The average Bonchev–Trinajstić information content (AvgIpc) is 2.56. The number of carbonyl (C=O) groups is 2. The van der Waals surface area contributed by atoms with Crippen molar-refractivity contribution in [3.05, 3.63) is 71.8 Å². The van der Waals surface area contributed by atoms with Gasteiger partial charge in [0, 0.05) is 5.92 Å². The minimum atomic E-state index is -1.99. The van der Waals surface area contributed by atoms with Gasteiger partial charge in [-0.15, -0.1) is 0 Å². The first-order valence-electron chi connectivity index (χ1n) is 6.79. The molecule has 0 radical (unpaired) electrons. The lowest BCUT2D eigenvalue weighted by atomic mass is 9.75. The number of ether oxygens (including phenoxy) is 1. The summed E-state index contributed by atoms with van der Waals surface area (Å²) in [6.45, 7) is 0. The highest BCUT2D eigenvalue weighted by molar-refractivity contribution is 6.08. The molecule has 0 aliphatic heterocycles. The van der Waals surface area contributed by atoms with Crippen LogP contribution in [0.25, 0.3) is 0 Å². The number of rotatable bonds is 5. The number of benzene rings is 2. The van der Waals surface area contributed by atoms with E-state index in [1.165, 1.54) is 7.11 Å². The molecule has 5 nitrogen and oxygen atoms in total. The van der Waals surface area contributed by atoms with Gasteiger partial charge in [0.05, 0.1) is 7.11 Å². The first-order chi connectivity index (χ1) is 10.5. The summed E-state index contributed by atoms with van der Waals surface area (Å²) in [6.07, 6.45) is 0. The summed E-state index contributed by atoms with van der Waals surface area (Å²) in [4.78, 5) is 24.2. The second-order valence-electron chi connectivity index (χ2n) is 4.98. The van der Waals surface area contributed by atoms with E-state index in [9.17, 15) is 9.59 Å². The van der Waals surface area contributed by atoms with Crippen LogP contribution >= 0.6 is 0 Å². The molecule has 0 aliphatic carbocycles. The molecule has 2 aromatic rings. The molecule has 1 atom stereocenters. The summed E-state index contributed by atoms with van der Waals surface area (Å²) in [7, 11) is 1.18. The van der Waals surface area contributed by atoms with Crippen molar-refractivity contribution >= 4 is 11.9 Å². The SMILES string of the molecule is COC(=O)C(N)(C(N)=O)C(c1ccccc1)c1ccccc1. The van der Waals surface area contributed by atoms with E-state index in [4.69, 9.17) is 16.2 Å². The Morgan fingerprint density at radius 3 is 1.68 bits per heavy atom. The van der Waals surface area contributed by atoms with Crippen LogP contribution in [0.3, 0.4) is 0 Å². The Hall–Kier alpha value is -2.66. The Labute approximate surface area is 128 Å². The first kappa shape index (κ1) is 15.7.